The molecule has 1 aromatic rings. The maximum absolute atomic E-state index is 5.92. The van der Waals surface area contributed by atoms with Crippen LogP contribution in [0.2, 0.25) is 0 Å². The number of hydrogen-bond acceptors (Lipinski definition) is 3. The van der Waals surface area contributed by atoms with Gasteiger partial charge in [-0.05, 0) is 49.9 Å². The fourth-order valence-electron chi connectivity index (χ4n) is 2.08. The summed E-state index contributed by atoms with van der Waals surface area (Å²) in [5, 5.41) is 3.40. The van der Waals surface area contributed by atoms with Crippen molar-refractivity contribution in [2.24, 2.45) is 0 Å². The van der Waals surface area contributed by atoms with E-state index in [1.165, 1.54) is 5.56 Å². The minimum atomic E-state index is 0.554. The Balaban J connectivity index is 2.22. The molecule has 0 aromatic heterocycles. The molecule has 0 bridgehead atoms. The molecular formula is C17H29NO2. The third-order valence-electron chi connectivity index (χ3n) is 3.52. The first kappa shape index (κ1) is 17.0. The van der Waals surface area contributed by atoms with Crippen molar-refractivity contribution in [1.82, 2.24) is 5.32 Å². The van der Waals surface area contributed by atoms with Gasteiger partial charge in [-0.3, -0.25) is 0 Å². The summed E-state index contributed by atoms with van der Waals surface area (Å²) in [7, 11) is 1.74. The molecule has 0 aliphatic carbocycles. The smallest absolute Gasteiger partial charge is 0.122 e. The molecule has 1 N–H and O–H groups in total. The van der Waals surface area contributed by atoms with E-state index < -0.39 is 0 Å². The molecule has 0 saturated carbocycles. The number of hydrogen-bond donors (Lipinski definition) is 1. The first-order valence-electron chi connectivity index (χ1n) is 7.71. The normalized spacial score (nSPS) is 12.3. The minimum Gasteiger partial charge on any atom is -0.493 e. The van der Waals surface area contributed by atoms with Gasteiger partial charge in [-0.2, -0.15) is 0 Å². The van der Waals surface area contributed by atoms with Crippen LogP contribution in [0.4, 0.5) is 0 Å². The molecule has 0 saturated heterocycles. The van der Waals surface area contributed by atoms with Crippen molar-refractivity contribution in [3.05, 3.63) is 29.8 Å². The van der Waals surface area contributed by atoms with Crippen LogP contribution in [0, 0.1) is 0 Å². The third-order valence-corrected chi connectivity index (χ3v) is 3.52. The Kier molecular flexibility index (Phi) is 9.09. The quantitative estimate of drug-likeness (QED) is 0.628. The number of nitrogens with one attached hydrogen (secondary N) is 1. The van der Waals surface area contributed by atoms with Crippen LogP contribution in [0.3, 0.4) is 0 Å². The van der Waals surface area contributed by atoms with Crippen molar-refractivity contribution in [2.45, 2.75) is 39.0 Å². The van der Waals surface area contributed by atoms with Crippen LogP contribution in [0.1, 0.15) is 44.6 Å². The maximum Gasteiger partial charge on any atom is 0.122 e. The summed E-state index contributed by atoms with van der Waals surface area (Å²) >= 11 is 0. The van der Waals surface area contributed by atoms with E-state index in [1.54, 1.807) is 7.11 Å². The van der Waals surface area contributed by atoms with Crippen LogP contribution in [0.15, 0.2) is 24.3 Å². The Morgan fingerprint density at radius 2 is 1.80 bits per heavy atom. The Morgan fingerprint density at radius 1 is 1.10 bits per heavy atom. The molecule has 20 heavy (non-hydrogen) atoms. The summed E-state index contributed by atoms with van der Waals surface area (Å²) in [5.41, 5.74) is 1.32. The Hall–Kier alpha value is -1.06. The first-order chi connectivity index (χ1) is 9.79. The van der Waals surface area contributed by atoms with E-state index >= 15 is 0 Å². The standard InChI is InChI=1S/C17H29NO2/c1-4-15(2)16-9-5-6-10-17(16)20-14-8-12-18-11-7-13-19-3/h5-6,9-10,15,18H,4,7-8,11-14H2,1-3H3/t15-/m0/s1. The second-order valence-electron chi connectivity index (χ2n) is 5.15. The molecule has 1 rings (SSSR count). The zero-order valence-electron chi connectivity index (χ0n) is 13.2. The summed E-state index contributed by atoms with van der Waals surface area (Å²) in [5.74, 6) is 1.60. The zero-order valence-corrected chi connectivity index (χ0v) is 13.2. The summed E-state index contributed by atoms with van der Waals surface area (Å²) in [6, 6.07) is 8.38. The van der Waals surface area contributed by atoms with E-state index in [-0.39, 0.29) is 0 Å². The SMILES string of the molecule is CC[C@H](C)c1ccccc1OCCCNCCCOC. The molecule has 1 aromatic carbocycles. The van der Waals surface area contributed by atoms with Crippen LogP contribution in [-0.2, 0) is 4.74 Å². The van der Waals surface area contributed by atoms with Crippen LogP contribution >= 0.6 is 0 Å². The second kappa shape index (κ2) is 10.7. The van der Waals surface area contributed by atoms with Gasteiger partial charge in [0.25, 0.3) is 0 Å². The monoisotopic (exact) mass is 279 g/mol. The van der Waals surface area contributed by atoms with Crippen molar-refractivity contribution in [3.63, 3.8) is 0 Å². The van der Waals surface area contributed by atoms with Gasteiger partial charge in [0.05, 0.1) is 6.61 Å². The van der Waals surface area contributed by atoms with Crippen LogP contribution in [0.25, 0.3) is 0 Å². The number of para-hydroxylation sites is 1. The molecule has 0 radical (unpaired) electrons. The molecule has 0 amide bonds. The van der Waals surface area contributed by atoms with Gasteiger partial charge >= 0.3 is 0 Å². The fourth-order valence-corrected chi connectivity index (χ4v) is 2.08. The van der Waals surface area contributed by atoms with E-state index in [4.69, 9.17) is 9.47 Å². The molecule has 1 atom stereocenters. The molecule has 3 heteroatoms. The van der Waals surface area contributed by atoms with E-state index in [0.717, 1.165) is 51.3 Å². The van der Waals surface area contributed by atoms with Crippen LogP contribution < -0.4 is 10.1 Å². The predicted octanol–water partition coefficient (Wildman–Crippen LogP) is 3.60. The van der Waals surface area contributed by atoms with Gasteiger partial charge in [-0.15, -0.1) is 0 Å². The Bertz CT molecular complexity index is 355. The lowest BCUT2D eigenvalue weighted by Gasteiger charge is -2.15. The van der Waals surface area contributed by atoms with Gasteiger partial charge in [-0.25, -0.2) is 0 Å². The van der Waals surface area contributed by atoms with Gasteiger partial charge < -0.3 is 14.8 Å². The van der Waals surface area contributed by atoms with Crippen molar-refractivity contribution in [2.75, 3.05) is 33.4 Å². The number of methoxy groups -OCH3 is 1. The minimum absolute atomic E-state index is 0.554. The third kappa shape index (κ3) is 6.40. The molecule has 0 aliphatic rings. The summed E-state index contributed by atoms with van der Waals surface area (Å²) in [4.78, 5) is 0. The number of ether oxygens (including phenoxy) is 2. The maximum atomic E-state index is 5.92. The Labute approximate surface area is 123 Å². The lowest BCUT2D eigenvalue weighted by Crippen LogP contribution is -2.19. The predicted molar refractivity (Wildman–Crippen MR) is 84.6 cm³/mol. The highest BCUT2D eigenvalue weighted by Crippen LogP contribution is 2.28. The molecule has 114 valence electrons. The molecular weight excluding hydrogens is 250 g/mol. The van der Waals surface area contributed by atoms with Crippen LogP contribution in [-0.4, -0.2) is 33.4 Å². The average molecular weight is 279 g/mol. The largest absolute Gasteiger partial charge is 0.493 e. The molecule has 0 spiro atoms. The van der Waals surface area contributed by atoms with E-state index in [0.29, 0.717) is 5.92 Å². The molecule has 0 fully saturated rings. The lowest BCUT2D eigenvalue weighted by molar-refractivity contribution is 0.194. The highest BCUT2D eigenvalue weighted by Gasteiger charge is 2.08. The van der Waals surface area contributed by atoms with Crippen molar-refractivity contribution >= 4 is 0 Å². The van der Waals surface area contributed by atoms with Gasteiger partial charge in [0.2, 0.25) is 0 Å². The Morgan fingerprint density at radius 3 is 2.50 bits per heavy atom. The number of benzene rings is 1. The average Bonchev–Trinajstić information content (AvgIpc) is 2.49. The van der Waals surface area contributed by atoms with Gasteiger partial charge in [0, 0.05) is 13.7 Å². The van der Waals surface area contributed by atoms with E-state index in [9.17, 15) is 0 Å². The fraction of sp³-hybridized carbons (Fsp3) is 0.647. The van der Waals surface area contributed by atoms with E-state index in [2.05, 4.69) is 37.4 Å². The summed E-state index contributed by atoms with van der Waals surface area (Å²) in [6.45, 7) is 8.06. The molecule has 0 heterocycles. The van der Waals surface area contributed by atoms with E-state index in [1.807, 2.05) is 6.07 Å². The van der Waals surface area contributed by atoms with Gasteiger partial charge in [0.1, 0.15) is 5.75 Å². The molecule has 3 nitrogen and oxygen atoms in total. The lowest BCUT2D eigenvalue weighted by atomic mass is 9.98. The van der Waals surface area contributed by atoms with Gasteiger partial charge in [0.15, 0.2) is 0 Å². The topological polar surface area (TPSA) is 30.5 Å². The summed E-state index contributed by atoms with van der Waals surface area (Å²) in [6.07, 6.45) is 3.23. The molecule has 0 unspecified atom stereocenters. The highest BCUT2D eigenvalue weighted by molar-refractivity contribution is 5.35. The zero-order chi connectivity index (χ0) is 14.6. The van der Waals surface area contributed by atoms with Crippen molar-refractivity contribution in [1.29, 1.82) is 0 Å². The van der Waals surface area contributed by atoms with Crippen molar-refractivity contribution in [3.8, 4) is 5.75 Å². The first-order valence-corrected chi connectivity index (χ1v) is 7.71. The second-order valence-corrected chi connectivity index (χ2v) is 5.15. The summed E-state index contributed by atoms with van der Waals surface area (Å²) < 4.78 is 10.9. The van der Waals surface area contributed by atoms with Crippen LogP contribution in [0.5, 0.6) is 5.75 Å². The highest BCUT2D eigenvalue weighted by atomic mass is 16.5. The van der Waals surface area contributed by atoms with Crippen molar-refractivity contribution < 1.29 is 9.47 Å². The van der Waals surface area contributed by atoms with Gasteiger partial charge in [-0.1, -0.05) is 32.0 Å². The molecule has 0 aliphatic heterocycles. The number of rotatable bonds is 11.